The van der Waals surface area contributed by atoms with Gasteiger partial charge in [-0.2, -0.15) is 10.4 Å². The van der Waals surface area contributed by atoms with Crippen molar-refractivity contribution in [2.24, 2.45) is 0 Å². The maximum Gasteiger partial charge on any atom is 0.0715 e. The standard InChI is InChI=1S/C9H11N3/c1-3-4-12-7-9(6-11-12)8(2)5-10/h3,6-8H,1,4H2,2H3. The Kier molecular flexibility index (Phi) is 2.65. The van der Waals surface area contributed by atoms with Crippen LogP contribution in [-0.4, -0.2) is 9.78 Å². The number of nitrogens with zero attached hydrogens (tertiary/aromatic N) is 3. The smallest absolute Gasteiger partial charge is 0.0715 e. The third-order valence-electron chi connectivity index (χ3n) is 1.66. The van der Waals surface area contributed by atoms with Gasteiger partial charge in [0, 0.05) is 11.8 Å². The molecule has 0 fully saturated rings. The van der Waals surface area contributed by atoms with Gasteiger partial charge in [0.2, 0.25) is 0 Å². The fourth-order valence-electron chi connectivity index (χ4n) is 0.910. The third kappa shape index (κ3) is 1.73. The van der Waals surface area contributed by atoms with Crippen LogP contribution in [0.25, 0.3) is 0 Å². The molecule has 0 N–H and O–H groups in total. The molecular weight excluding hydrogens is 150 g/mol. The lowest BCUT2D eigenvalue weighted by molar-refractivity contribution is 0.701. The van der Waals surface area contributed by atoms with Gasteiger partial charge in [0.1, 0.15) is 0 Å². The van der Waals surface area contributed by atoms with Crippen LogP contribution in [0.2, 0.25) is 0 Å². The number of hydrogen-bond donors (Lipinski definition) is 0. The van der Waals surface area contributed by atoms with Crippen LogP contribution in [0.1, 0.15) is 18.4 Å². The molecule has 62 valence electrons. The van der Waals surface area contributed by atoms with Crippen LogP contribution in [0, 0.1) is 11.3 Å². The van der Waals surface area contributed by atoms with Gasteiger partial charge >= 0.3 is 0 Å². The van der Waals surface area contributed by atoms with Crippen LogP contribution in [0.4, 0.5) is 0 Å². The van der Waals surface area contributed by atoms with Crippen molar-refractivity contribution in [1.82, 2.24) is 9.78 Å². The predicted molar refractivity (Wildman–Crippen MR) is 46.5 cm³/mol. The van der Waals surface area contributed by atoms with Gasteiger partial charge in [-0.3, -0.25) is 4.68 Å². The van der Waals surface area contributed by atoms with Gasteiger partial charge in [-0.25, -0.2) is 0 Å². The molecular formula is C9H11N3. The van der Waals surface area contributed by atoms with E-state index in [0.717, 1.165) is 5.56 Å². The van der Waals surface area contributed by atoms with Crippen molar-refractivity contribution in [2.45, 2.75) is 19.4 Å². The zero-order chi connectivity index (χ0) is 8.97. The number of nitriles is 1. The van der Waals surface area contributed by atoms with Crippen molar-refractivity contribution in [3.63, 3.8) is 0 Å². The first-order valence-electron chi connectivity index (χ1n) is 3.80. The summed E-state index contributed by atoms with van der Waals surface area (Å²) < 4.78 is 1.76. The van der Waals surface area contributed by atoms with E-state index in [-0.39, 0.29) is 5.92 Å². The first kappa shape index (κ1) is 8.54. The zero-order valence-electron chi connectivity index (χ0n) is 7.07. The Morgan fingerprint density at radius 2 is 2.67 bits per heavy atom. The van der Waals surface area contributed by atoms with Crippen LogP contribution >= 0.6 is 0 Å². The molecule has 12 heavy (non-hydrogen) atoms. The molecule has 0 radical (unpaired) electrons. The maximum atomic E-state index is 8.62. The highest BCUT2D eigenvalue weighted by molar-refractivity contribution is 5.17. The fraction of sp³-hybridized carbons (Fsp3) is 0.333. The van der Waals surface area contributed by atoms with Crippen molar-refractivity contribution in [3.05, 3.63) is 30.6 Å². The van der Waals surface area contributed by atoms with E-state index in [4.69, 9.17) is 5.26 Å². The van der Waals surface area contributed by atoms with Crippen LogP contribution < -0.4 is 0 Å². The minimum Gasteiger partial charge on any atom is -0.269 e. The van der Waals surface area contributed by atoms with Crippen molar-refractivity contribution < 1.29 is 0 Å². The summed E-state index contributed by atoms with van der Waals surface area (Å²) >= 11 is 0. The van der Waals surface area contributed by atoms with Gasteiger partial charge in [0.15, 0.2) is 0 Å². The van der Waals surface area contributed by atoms with E-state index in [2.05, 4.69) is 17.7 Å². The van der Waals surface area contributed by atoms with Crippen molar-refractivity contribution in [1.29, 1.82) is 5.26 Å². The Morgan fingerprint density at radius 1 is 1.92 bits per heavy atom. The largest absolute Gasteiger partial charge is 0.269 e. The molecule has 3 nitrogen and oxygen atoms in total. The van der Waals surface area contributed by atoms with Gasteiger partial charge in [-0.15, -0.1) is 6.58 Å². The molecule has 1 aromatic rings. The van der Waals surface area contributed by atoms with Crippen LogP contribution in [0.3, 0.4) is 0 Å². The molecule has 0 amide bonds. The van der Waals surface area contributed by atoms with E-state index in [9.17, 15) is 0 Å². The predicted octanol–water partition coefficient (Wildman–Crippen LogP) is 1.70. The second-order valence-electron chi connectivity index (χ2n) is 2.64. The second kappa shape index (κ2) is 3.72. The van der Waals surface area contributed by atoms with Crippen LogP contribution in [0.15, 0.2) is 25.0 Å². The lowest BCUT2D eigenvalue weighted by atomic mass is 10.1. The first-order chi connectivity index (χ1) is 5.77. The molecule has 0 spiro atoms. The summed E-state index contributed by atoms with van der Waals surface area (Å²) in [5.41, 5.74) is 0.958. The molecule has 0 saturated carbocycles. The van der Waals surface area contributed by atoms with Crippen molar-refractivity contribution >= 4 is 0 Å². The van der Waals surface area contributed by atoms with Crippen LogP contribution in [0.5, 0.6) is 0 Å². The quantitative estimate of drug-likeness (QED) is 0.633. The minimum absolute atomic E-state index is 0.0800. The first-order valence-corrected chi connectivity index (χ1v) is 3.80. The van der Waals surface area contributed by atoms with E-state index in [1.54, 1.807) is 17.0 Å². The Morgan fingerprint density at radius 3 is 3.25 bits per heavy atom. The van der Waals surface area contributed by atoms with Crippen molar-refractivity contribution in [3.8, 4) is 6.07 Å². The van der Waals surface area contributed by atoms with Gasteiger partial charge in [0.25, 0.3) is 0 Å². The van der Waals surface area contributed by atoms with E-state index >= 15 is 0 Å². The Labute approximate surface area is 71.9 Å². The monoisotopic (exact) mass is 161 g/mol. The summed E-state index contributed by atoms with van der Waals surface area (Å²) in [4.78, 5) is 0. The summed E-state index contributed by atoms with van der Waals surface area (Å²) in [5.74, 6) is -0.0800. The third-order valence-corrected chi connectivity index (χ3v) is 1.66. The Bertz CT molecular complexity index is 306. The number of hydrogen-bond acceptors (Lipinski definition) is 2. The van der Waals surface area contributed by atoms with E-state index < -0.39 is 0 Å². The average Bonchev–Trinajstić information content (AvgIpc) is 2.52. The molecule has 1 heterocycles. The van der Waals surface area contributed by atoms with Gasteiger partial charge < -0.3 is 0 Å². The SMILES string of the molecule is C=CCn1cc(C(C)C#N)cn1. The molecule has 0 saturated heterocycles. The fourth-order valence-corrected chi connectivity index (χ4v) is 0.910. The highest BCUT2D eigenvalue weighted by Crippen LogP contribution is 2.11. The van der Waals surface area contributed by atoms with Gasteiger partial charge in [-0.05, 0) is 6.92 Å². The summed E-state index contributed by atoms with van der Waals surface area (Å²) in [6.07, 6.45) is 5.36. The van der Waals surface area contributed by atoms with E-state index in [0.29, 0.717) is 6.54 Å². The molecule has 0 aliphatic heterocycles. The lowest BCUT2D eigenvalue weighted by Gasteiger charge is -1.94. The molecule has 0 aliphatic carbocycles. The lowest BCUT2D eigenvalue weighted by Crippen LogP contribution is -1.94. The van der Waals surface area contributed by atoms with Gasteiger partial charge in [-0.1, -0.05) is 6.08 Å². The Hall–Kier alpha value is -1.56. The minimum atomic E-state index is -0.0800. The Balaban J connectivity index is 2.78. The molecule has 0 aromatic carbocycles. The van der Waals surface area contributed by atoms with Crippen molar-refractivity contribution in [2.75, 3.05) is 0 Å². The molecule has 0 bridgehead atoms. The van der Waals surface area contributed by atoms with Crippen LogP contribution in [-0.2, 0) is 6.54 Å². The number of rotatable bonds is 3. The zero-order valence-corrected chi connectivity index (χ0v) is 7.07. The molecule has 3 heteroatoms. The normalized spacial score (nSPS) is 12.0. The number of allylic oxidation sites excluding steroid dienone is 1. The highest BCUT2D eigenvalue weighted by Gasteiger charge is 2.05. The molecule has 1 rings (SSSR count). The molecule has 1 unspecified atom stereocenters. The number of aromatic nitrogens is 2. The van der Waals surface area contributed by atoms with E-state index in [1.807, 2.05) is 13.1 Å². The summed E-state index contributed by atoms with van der Waals surface area (Å²) in [5, 5.41) is 12.7. The topological polar surface area (TPSA) is 41.6 Å². The molecule has 0 aliphatic rings. The average molecular weight is 161 g/mol. The molecule has 1 aromatic heterocycles. The molecule has 1 atom stereocenters. The highest BCUT2D eigenvalue weighted by atomic mass is 15.3. The summed E-state index contributed by atoms with van der Waals surface area (Å²) in [6.45, 7) is 6.15. The summed E-state index contributed by atoms with van der Waals surface area (Å²) in [7, 11) is 0. The second-order valence-corrected chi connectivity index (χ2v) is 2.64. The van der Waals surface area contributed by atoms with Gasteiger partial charge in [0.05, 0.1) is 24.7 Å². The van der Waals surface area contributed by atoms with E-state index in [1.165, 1.54) is 0 Å². The maximum absolute atomic E-state index is 8.62. The summed E-state index contributed by atoms with van der Waals surface area (Å²) in [6, 6.07) is 2.16.